The number of hydrogen-bond donors (Lipinski definition) is 3. The fourth-order valence-corrected chi connectivity index (χ4v) is 1.59. The van der Waals surface area contributed by atoms with Crippen molar-refractivity contribution >= 4 is 5.91 Å². The van der Waals surface area contributed by atoms with Gasteiger partial charge in [-0.3, -0.25) is 9.69 Å². The largest absolute Gasteiger partial charge is 0.503 e. The third kappa shape index (κ3) is 2.46. The second kappa shape index (κ2) is 3.98. The lowest BCUT2D eigenvalue weighted by molar-refractivity contribution is -0.117. The summed E-state index contributed by atoms with van der Waals surface area (Å²) >= 11 is 0. The maximum atomic E-state index is 10.6. The van der Waals surface area contributed by atoms with E-state index in [-0.39, 0.29) is 0 Å². The van der Waals surface area contributed by atoms with Gasteiger partial charge in [0.05, 0.1) is 0 Å². The van der Waals surface area contributed by atoms with Gasteiger partial charge in [-0.2, -0.15) is 0 Å². The van der Waals surface area contributed by atoms with Crippen molar-refractivity contribution < 1.29 is 15.0 Å². The Labute approximate surface area is 82.8 Å². The van der Waals surface area contributed by atoms with Crippen molar-refractivity contribution in [1.29, 1.82) is 0 Å². The molecule has 1 amide bonds. The standard InChI is InChI=1S/C9H16N2O3/c1-9(14,6-7(12)8(10)13)11-4-2-3-5-11/h6,12,14H,2-5H2,1H3,(H2,10,13)/b7-6-. The maximum Gasteiger partial charge on any atom is 0.283 e. The van der Waals surface area contributed by atoms with Crippen molar-refractivity contribution in [2.24, 2.45) is 5.73 Å². The molecule has 1 heterocycles. The molecule has 5 heteroatoms. The zero-order valence-electron chi connectivity index (χ0n) is 8.23. The number of carbonyl (C=O) groups excluding carboxylic acids is 1. The number of amides is 1. The van der Waals surface area contributed by atoms with Crippen molar-refractivity contribution in [3.8, 4) is 0 Å². The normalized spacial score (nSPS) is 23.4. The van der Waals surface area contributed by atoms with Crippen LogP contribution in [0.1, 0.15) is 19.8 Å². The quantitative estimate of drug-likeness (QED) is 0.432. The van der Waals surface area contributed by atoms with Crippen LogP contribution in [-0.2, 0) is 4.79 Å². The van der Waals surface area contributed by atoms with Crippen molar-refractivity contribution in [3.05, 3.63) is 11.8 Å². The summed E-state index contributed by atoms with van der Waals surface area (Å²) in [7, 11) is 0. The Balaban J connectivity index is 2.73. The van der Waals surface area contributed by atoms with Gasteiger partial charge in [0, 0.05) is 19.2 Å². The van der Waals surface area contributed by atoms with Gasteiger partial charge in [0.25, 0.3) is 5.91 Å². The summed E-state index contributed by atoms with van der Waals surface area (Å²) in [6.45, 7) is 3.04. The molecule has 0 radical (unpaired) electrons. The number of nitrogens with two attached hydrogens (primary N) is 1. The first-order valence-electron chi connectivity index (χ1n) is 4.62. The fraction of sp³-hybridized carbons (Fsp3) is 0.667. The predicted molar refractivity (Wildman–Crippen MR) is 51.3 cm³/mol. The molecule has 1 saturated heterocycles. The van der Waals surface area contributed by atoms with Gasteiger partial charge in [-0.15, -0.1) is 0 Å². The third-order valence-electron chi connectivity index (χ3n) is 2.41. The first-order chi connectivity index (χ1) is 6.43. The molecule has 80 valence electrons. The average molecular weight is 200 g/mol. The van der Waals surface area contributed by atoms with Crippen LogP contribution in [0.25, 0.3) is 0 Å². The van der Waals surface area contributed by atoms with Crippen LogP contribution in [0.15, 0.2) is 11.8 Å². The van der Waals surface area contributed by atoms with E-state index in [4.69, 9.17) is 10.8 Å². The lowest BCUT2D eigenvalue weighted by Gasteiger charge is -2.30. The van der Waals surface area contributed by atoms with E-state index in [0.717, 1.165) is 32.0 Å². The molecule has 0 aromatic carbocycles. The summed E-state index contributed by atoms with van der Waals surface area (Å²) < 4.78 is 0. The van der Waals surface area contributed by atoms with Crippen molar-refractivity contribution in [2.45, 2.75) is 25.5 Å². The van der Waals surface area contributed by atoms with E-state index in [1.807, 2.05) is 0 Å². The summed E-state index contributed by atoms with van der Waals surface area (Å²) in [4.78, 5) is 12.4. The third-order valence-corrected chi connectivity index (χ3v) is 2.41. The summed E-state index contributed by atoms with van der Waals surface area (Å²) in [5.74, 6) is -1.52. The molecule has 0 aromatic heterocycles. The van der Waals surface area contributed by atoms with Crippen molar-refractivity contribution in [2.75, 3.05) is 13.1 Å². The monoisotopic (exact) mass is 200 g/mol. The minimum atomic E-state index is -1.30. The number of aliphatic hydroxyl groups excluding tert-OH is 1. The molecule has 0 bridgehead atoms. The molecule has 1 unspecified atom stereocenters. The Kier molecular flexibility index (Phi) is 3.13. The molecular formula is C9H16N2O3. The number of rotatable bonds is 3. The van der Waals surface area contributed by atoms with Crippen LogP contribution < -0.4 is 5.73 Å². The van der Waals surface area contributed by atoms with E-state index in [0.29, 0.717) is 0 Å². The Morgan fingerprint density at radius 1 is 1.50 bits per heavy atom. The molecule has 5 nitrogen and oxygen atoms in total. The maximum absolute atomic E-state index is 10.6. The van der Waals surface area contributed by atoms with Crippen LogP contribution in [0.4, 0.5) is 0 Å². The van der Waals surface area contributed by atoms with Crippen LogP contribution >= 0.6 is 0 Å². The number of aliphatic hydroxyl groups is 2. The Hall–Kier alpha value is -1.07. The molecule has 1 atom stereocenters. The van der Waals surface area contributed by atoms with Gasteiger partial charge in [0.1, 0.15) is 5.72 Å². The zero-order valence-corrected chi connectivity index (χ0v) is 8.23. The highest BCUT2D eigenvalue weighted by molar-refractivity contribution is 5.89. The molecule has 0 aromatic rings. The van der Waals surface area contributed by atoms with E-state index in [1.54, 1.807) is 4.90 Å². The highest BCUT2D eigenvalue weighted by Gasteiger charge is 2.30. The lowest BCUT2D eigenvalue weighted by Crippen LogP contribution is -2.43. The number of primary amides is 1. The van der Waals surface area contributed by atoms with Crippen LogP contribution in [-0.4, -0.2) is 39.8 Å². The zero-order chi connectivity index (χ0) is 10.8. The SMILES string of the molecule is CC(O)(/C=C(\O)C(N)=O)N1CCCC1. The minimum absolute atomic E-state index is 0.595. The number of hydrogen-bond acceptors (Lipinski definition) is 4. The lowest BCUT2D eigenvalue weighted by atomic mass is 10.2. The summed E-state index contributed by atoms with van der Waals surface area (Å²) in [6, 6.07) is 0. The van der Waals surface area contributed by atoms with Crippen LogP contribution in [0.5, 0.6) is 0 Å². The Morgan fingerprint density at radius 3 is 2.43 bits per heavy atom. The first-order valence-corrected chi connectivity index (χ1v) is 4.62. The van der Waals surface area contributed by atoms with Gasteiger partial charge < -0.3 is 15.9 Å². The molecule has 14 heavy (non-hydrogen) atoms. The molecule has 1 aliphatic heterocycles. The summed E-state index contributed by atoms with van der Waals surface area (Å²) in [5, 5.41) is 19.0. The first kappa shape index (κ1) is 11.0. The number of carbonyl (C=O) groups is 1. The fourth-order valence-electron chi connectivity index (χ4n) is 1.59. The summed E-state index contributed by atoms with van der Waals surface area (Å²) in [6.07, 6.45) is 3.11. The van der Waals surface area contributed by atoms with Crippen molar-refractivity contribution in [3.63, 3.8) is 0 Å². The topological polar surface area (TPSA) is 86.8 Å². The van der Waals surface area contributed by atoms with Crippen LogP contribution in [0.2, 0.25) is 0 Å². The van der Waals surface area contributed by atoms with Gasteiger partial charge in [0.2, 0.25) is 0 Å². The second-order valence-corrected chi connectivity index (χ2v) is 3.68. The van der Waals surface area contributed by atoms with Crippen molar-refractivity contribution in [1.82, 2.24) is 4.90 Å². The van der Waals surface area contributed by atoms with E-state index in [9.17, 15) is 9.90 Å². The van der Waals surface area contributed by atoms with Gasteiger partial charge in [-0.1, -0.05) is 0 Å². The van der Waals surface area contributed by atoms with Gasteiger partial charge in [-0.05, 0) is 19.8 Å². The highest BCUT2D eigenvalue weighted by Crippen LogP contribution is 2.20. The Morgan fingerprint density at radius 2 is 2.00 bits per heavy atom. The van der Waals surface area contributed by atoms with E-state index >= 15 is 0 Å². The highest BCUT2D eigenvalue weighted by atomic mass is 16.3. The van der Waals surface area contributed by atoms with E-state index < -0.39 is 17.4 Å². The molecule has 1 aliphatic rings. The van der Waals surface area contributed by atoms with Crippen LogP contribution in [0, 0.1) is 0 Å². The molecule has 0 aliphatic carbocycles. The van der Waals surface area contributed by atoms with Gasteiger partial charge in [-0.25, -0.2) is 0 Å². The van der Waals surface area contributed by atoms with Crippen LogP contribution in [0.3, 0.4) is 0 Å². The molecular weight excluding hydrogens is 184 g/mol. The number of likely N-dealkylation sites (tertiary alicyclic amines) is 1. The molecule has 0 saturated carbocycles. The molecule has 4 N–H and O–H groups in total. The number of nitrogens with zero attached hydrogens (tertiary/aromatic N) is 1. The smallest absolute Gasteiger partial charge is 0.283 e. The molecule has 1 rings (SSSR count). The Bertz CT molecular complexity index is 255. The van der Waals surface area contributed by atoms with E-state index in [1.165, 1.54) is 6.92 Å². The predicted octanol–water partition coefficient (Wildman–Crippen LogP) is -0.282. The second-order valence-electron chi connectivity index (χ2n) is 3.68. The molecule has 1 fully saturated rings. The minimum Gasteiger partial charge on any atom is -0.503 e. The molecule has 0 spiro atoms. The average Bonchev–Trinajstić information content (AvgIpc) is 2.54. The van der Waals surface area contributed by atoms with Gasteiger partial charge >= 0.3 is 0 Å². The van der Waals surface area contributed by atoms with Gasteiger partial charge in [0.15, 0.2) is 5.76 Å². The summed E-state index contributed by atoms with van der Waals surface area (Å²) in [5.41, 5.74) is 3.56. The van der Waals surface area contributed by atoms with E-state index in [2.05, 4.69) is 0 Å².